The molecule has 2 aromatic carbocycles. The maximum atomic E-state index is 12.5. The molecule has 1 amide bonds. The quantitative estimate of drug-likeness (QED) is 0.426. The number of benzene rings is 2. The summed E-state index contributed by atoms with van der Waals surface area (Å²) < 4.78 is 29.2. The highest BCUT2D eigenvalue weighted by molar-refractivity contribution is 7.92. The van der Waals surface area contributed by atoms with E-state index in [9.17, 15) is 13.2 Å². The molecule has 0 unspecified atom stereocenters. The van der Waals surface area contributed by atoms with E-state index in [-0.39, 0.29) is 4.90 Å². The van der Waals surface area contributed by atoms with Crippen LogP contribution in [0.15, 0.2) is 90.1 Å². The van der Waals surface area contributed by atoms with Crippen LogP contribution in [0.1, 0.15) is 16.1 Å². The van der Waals surface area contributed by atoms with Crippen molar-refractivity contribution in [2.75, 3.05) is 10.0 Å². The minimum Gasteiger partial charge on any atom is -0.305 e. The molecule has 8 nitrogen and oxygen atoms in total. The van der Waals surface area contributed by atoms with Crippen molar-refractivity contribution in [3.05, 3.63) is 101 Å². The van der Waals surface area contributed by atoms with Crippen molar-refractivity contribution < 1.29 is 13.2 Å². The normalized spacial score (nSPS) is 11.2. The van der Waals surface area contributed by atoms with E-state index in [0.29, 0.717) is 28.6 Å². The summed E-state index contributed by atoms with van der Waals surface area (Å²) in [6.45, 7) is 0.476. The van der Waals surface area contributed by atoms with E-state index in [1.54, 1.807) is 47.4 Å². The second-order valence-electron chi connectivity index (χ2n) is 6.81. The zero-order valence-corrected chi connectivity index (χ0v) is 18.2. The predicted molar refractivity (Wildman–Crippen MR) is 122 cm³/mol. The maximum Gasteiger partial charge on any atom is 0.261 e. The van der Waals surface area contributed by atoms with Gasteiger partial charge < -0.3 is 5.32 Å². The fourth-order valence-electron chi connectivity index (χ4n) is 2.88. The lowest BCUT2D eigenvalue weighted by Gasteiger charge is -2.09. The van der Waals surface area contributed by atoms with Crippen molar-refractivity contribution in [1.82, 2.24) is 14.8 Å². The molecule has 162 valence electrons. The van der Waals surface area contributed by atoms with Crippen LogP contribution in [0.3, 0.4) is 0 Å². The Bertz CT molecular complexity index is 1320. The van der Waals surface area contributed by atoms with Crippen LogP contribution in [-0.4, -0.2) is 29.1 Å². The van der Waals surface area contributed by atoms with Gasteiger partial charge >= 0.3 is 0 Å². The summed E-state index contributed by atoms with van der Waals surface area (Å²) in [5, 5.41) is 7.51. The molecular weight excluding hydrogens is 450 g/mol. The van der Waals surface area contributed by atoms with Crippen LogP contribution in [0.2, 0.25) is 5.02 Å². The molecule has 4 rings (SSSR count). The second-order valence-corrected chi connectivity index (χ2v) is 8.93. The van der Waals surface area contributed by atoms with Crippen LogP contribution in [0.5, 0.6) is 0 Å². The van der Waals surface area contributed by atoms with Crippen molar-refractivity contribution in [3.63, 3.8) is 0 Å². The largest absolute Gasteiger partial charge is 0.305 e. The Morgan fingerprint density at radius 2 is 1.72 bits per heavy atom. The Labute approximate surface area is 189 Å². The molecule has 2 aromatic heterocycles. The van der Waals surface area contributed by atoms with Crippen molar-refractivity contribution in [1.29, 1.82) is 0 Å². The first-order valence-corrected chi connectivity index (χ1v) is 11.4. The topological polar surface area (TPSA) is 106 Å². The smallest absolute Gasteiger partial charge is 0.261 e. The number of amides is 1. The molecule has 4 aromatic rings. The number of halogens is 1. The van der Waals surface area contributed by atoms with E-state index in [0.717, 1.165) is 5.69 Å². The van der Waals surface area contributed by atoms with Crippen molar-refractivity contribution in [3.8, 4) is 0 Å². The number of carbonyl (C=O) groups excluding carboxylic acids is 1. The number of nitrogens with one attached hydrogen (secondary N) is 2. The van der Waals surface area contributed by atoms with Gasteiger partial charge in [0.2, 0.25) is 0 Å². The molecule has 0 aliphatic heterocycles. The van der Waals surface area contributed by atoms with Crippen LogP contribution in [0, 0.1) is 0 Å². The number of carbonyl (C=O) groups is 1. The lowest BCUT2D eigenvalue weighted by molar-refractivity contribution is 0.102. The van der Waals surface area contributed by atoms with Gasteiger partial charge in [0.25, 0.3) is 15.9 Å². The van der Waals surface area contributed by atoms with E-state index >= 15 is 0 Å². The van der Waals surface area contributed by atoms with E-state index in [1.165, 1.54) is 24.3 Å². The highest BCUT2D eigenvalue weighted by Gasteiger charge is 2.16. The van der Waals surface area contributed by atoms with Gasteiger partial charge in [-0.3, -0.25) is 19.2 Å². The molecular formula is C22H18ClN5O3S. The lowest BCUT2D eigenvalue weighted by Crippen LogP contribution is -2.15. The molecule has 0 aliphatic carbocycles. The van der Waals surface area contributed by atoms with Crippen LogP contribution < -0.4 is 10.0 Å². The first-order chi connectivity index (χ1) is 15.4. The fourth-order valence-corrected chi connectivity index (χ4v) is 4.06. The molecule has 0 spiro atoms. The van der Waals surface area contributed by atoms with Gasteiger partial charge in [-0.2, -0.15) is 5.10 Å². The summed E-state index contributed by atoms with van der Waals surface area (Å²) in [5.74, 6) is -0.0188. The Morgan fingerprint density at radius 3 is 2.41 bits per heavy atom. The molecule has 0 radical (unpaired) electrons. The van der Waals surface area contributed by atoms with Gasteiger partial charge in [-0.05, 0) is 60.7 Å². The van der Waals surface area contributed by atoms with Crippen LogP contribution in [0.25, 0.3) is 0 Å². The van der Waals surface area contributed by atoms with Crippen molar-refractivity contribution in [2.45, 2.75) is 11.4 Å². The molecule has 0 aliphatic rings. The Kier molecular flexibility index (Phi) is 6.20. The molecule has 2 heterocycles. The summed E-state index contributed by atoms with van der Waals surface area (Å²) in [6, 6.07) is 19.2. The summed E-state index contributed by atoms with van der Waals surface area (Å²) in [5.41, 5.74) is 1.53. The zero-order valence-electron chi connectivity index (χ0n) is 16.6. The lowest BCUT2D eigenvalue weighted by atomic mass is 10.2. The van der Waals surface area contributed by atoms with E-state index in [4.69, 9.17) is 11.6 Å². The van der Waals surface area contributed by atoms with E-state index < -0.39 is 15.9 Å². The van der Waals surface area contributed by atoms with Gasteiger partial charge in [-0.25, -0.2) is 8.42 Å². The number of hydrogen-bond donors (Lipinski definition) is 2. The van der Waals surface area contributed by atoms with Crippen LogP contribution in [0.4, 0.5) is 11.5 Å². The van der Waals surface area contributed by atoms with Gasteiger partial charge in [0, 0.05) is 34.7 Å². The average molecular weight is 468 g/mol. The highest BCUT2D eigenvalue weighted by Crippen LogP contribution is 2.19. The Balaban J connectivity index is 1.40. The Morgan fingerprint density at radius 1 is 0.969 bits per heavy atom. The highest BCUT2D eigenvalue weighted by atomic mass is 35.5. The third kappa shape index (κ3) is 5.32. The first-order valence-electron chi connectivity index (χ1n) is 9.52. The number of aromatic nitrogens is 3. The van der Waals surface area contributed by atoms with Gasteiger partial charge in [0.15, 0.2) is 5.82 Å². The van der Waals surface area contributed by atoms with E-state index in [2.05, 4.69) is 20.1 Å². The monoisotopic (exact) mass is 467 g/mol. The zero-order chi connectivity index (χ0) is 22.6. The minimum atomic E-state index is -3.80. The first kappa shape index (κ1) is 21.5. The Hall–Kier alpha value is -3.69. The third-order valence-electron chi connectivity index (χ3n) is 4.46. The van der Waals surface area contributed by atoms with Gasteiger partial charge in [-0.1, -0.05) is 17.7 Å². The second kappa shape index (κ2) is 9.21. The molecule has 0 saturated carbocycles. The molecule has 2 N–H and O–H groups in total. The molecule has 32 heavy (non-hydrogen) atoms. The summed E-state index contributed by atoms with van der Waals surface area (Å²) >= 11 is 5.82. The number of nitrogens with zero attached hydrogens (tertiary/aromatic N) is 3. The van der Waals surface area contributed by atoms with Crippen molar-refractivity contribution in [2.24, 2.45) is 0 Å². The minimum absolute atomic E-state index is 0.0311. The average Bonchev–Trinajstić information content (AvgIpc) is 3.22. The standard InChI is InChI=1S/C22H18ClN5O3S/c23-17-6-8-18(9-7-17)27-32(30,31)20-10-4-16(5-11-20)22(29)25-21-12-14-28(26-21)15-19-3-1-2-13-24-19/h1-14,27H,15H2,(H,25,26,29). The number of pyridine rings is 1. The summed E-state index contributed by atoms with van der Waals surface area (Å²) in [6.07, 6.45) is 3.44. The molecule has 10 heteroatoms. The van der Waals surface area contributed by atoms with Gasteiger partial charge in [0.1, 0.15) is 0 Å². The van der Waals surface area contributed by atoms with Crippen LogP contribution in [-0.2, 0) is 16.6 Å². The van der Waals surface area contributed by atoms with E-state index in [1.807, 2.05) is 18.2 Å². The number of rotatable bonds is 7. The molecule has 0 bridgehead atoms. The fraction of sp³-hybridized carbons (Fsp3) is 0.0455. The summed E-state index contributed by atoms with van der Waals surface area (Å²) in [7, 11) is -3.80. The number of sulfonamides is 1. The summed E-state index contributed by atoms with van der Waals surface area (Å²) in [4.78, 5) is 16.8. The van der Waals surface area contributed by atoms with Gasteiger partial charge in [0.05, 0.1) is 17.1 Å². The molecule has 0 saturated heterocycles. The predicted octanol–water partition coefficient (Wildman–Crippen LogP) is 4.03. The number of anilines is 2. The molecule has 0 fully saturated rings. The SMILES string of the molecule is O=C(Nc1ccn(Cc2ccccn2)n1)c1ccc(S(=O)(=O)Nc2ccc(Cl)cc2)cc1. The molecule has 0 atom stereocenters. The van der Waals surface area contributed by atoms with Crippen molar-refractivity contribution >= 4 is 39.0 Å². The third-order valence-corrected chi connectivity index (χ3v) is 6.10. The maximum absolute atomic E-state index is 12.5. The van der Waals surface area contributed by atoms with Crippen LogP contribution >= 0.6 is 11.6 Å². The van der Waals surface area contributed by atoms with Gasteiger partial charge in [-0.15, -0.1) is 0 Å². The number of hydrogen-bond acceptors (Lipinski definition) is 5.